The van der Waals surface area contributed by atoms with Gasteiger partial charge in [-0.15, -0.1) is 0 Å². The molecule has 7 rings (SSSR count). The molecule has 0 spiro atoms. The minimum atomic E-state index is -1.52. The van der Waals surface area contributed by atoms with E-state index in [1.807, 2.05) is 112 Å². The zero-order valence-corrected chi connectivity index (χ0v) is 37.5. The van der Waals surface area contributed by atoms with Crippen molar-refractivity contribution in [2.45, 2.75) is 83.3 Å². The molecule has 1 saturated heterocycles. The minimum absolute atomic E-state index is 0.0212. The molecule has 3 aliphatic carbocycles. The van der Waals surface area contributed by atoms with Crippen LogP contribution in [0.2, 0.25) is 0 Å². The van der Waals surface area contributed by atoms with Crippen LogP contribution in [0.5, 0.6) is 5.75 Å². The molecule has 60 heavy (non-hydrogen) atoms. The van der Waals surface area contributed by atoms with E-state index in [0.29, 0.717) is 35.7 Å². The van der Waals surface area contributed by atoms with Gasteiger partial charge in [0.2, 0.25) is 5.91 Å². The molecule has 0 unspecified atom stereocenters. The van der Waals surface area contributed by atoms with Gasteiger partial charge in [0.15, 0.2) is 5.96 Å². The van der Waals surface area contributed by atoms with Crippen molar-refractivity contribution in [3.05, 3.63) is 83.4 Å². The molecule has 4 fully saturated rings. The summed E-state index contributed by atoms with van der Waals surface area (Å²) in [5.74, 6) is 2.16. The van der Waals surface area contributed by atoms with Crippen molar-refractivity contribution in [2.24, 2.45) is 33.9 Å². The van der Waals surface area contributed by atoms with Gasteiger partial charge in [0, 0.05) is 77.3 Å². The monoisotopic (exact) mass is 825 g/mol. The van der Waals surface area contributed by atoms with Crippen LogP contribution >= 0.6 is 0 Å². The Hall–Kier alpha value is -4.69. The molecule has 0 radical (unpaired) electrons. The second-order valence-corrected chi connectivity index (χ2v) is 18.4. The molecular weight excluding hydrogens is 757 g/mol. The molecule has 4 aliphatic rings. The molecule has 2 bridgehead atoms. The van der Waals surface area contributed by atoms with Gasteiger partial charge in [-0.2, -0.15) is 5.06 Å². The molecule has 3 aromatic carbocycles. The van der Waals surface area contributed by atoms with Crippen molar-refractivity contribution < 1.29 is 24.3 Å². The second kappa shape index (κ2) is 18.1. The molecule has 13 nitrogen and oxygen atoms in total. The van der Waals surface area contributed by atoms with Crippen molar-refractivity contribution in [3.8, 4) is 16.9 Å². The third-order valence-electron chi connectivity index (χ3n) is 13.6. The molecule has 8 atom stereocenters. The maximum Gasteiger partial charge on any atom is 0.251 e. The van der Waals surface area contributed by atoms with Crippen LogP contribution in [0.1, 0.15) is 62.0 Å². The Bertz CT molecular complexity index is 2010. The molecule has 1 aliphatic heterocycles. The number of hydrogen-bond donors (Lipinski definition) is 4. The van der Waals surface area contributed by atoms with E-state index in [1.54, 1.807) is 19.1 Å². The van der Waals surface area contributed by atoms with Crippen LogP contribution in [-0.2, 0) is 22.6 Å². The number of aliphatic imine (C=N–C) groups is 1. The van der Waals surface area contributed by atoms with Crippen LogP contribution in [0, 0.1) is 23.2 Å². The van der Waals surface area contributed by atoms with Crippen LogP contribution < -0.4 is 26.0 Å². The number of anilines is 1. The number of aliphatic hydroxyl groups excluding tert-OH is 1. The molecular formula is C47H68N8O5. The first-order valence-corrected chi connectivity index (χ1v) is 21.3. The average molecular weight is 825 g/mol. The number of hydrogen-bond acceptors (Lipinski definition) is 9. The molecule has 13 heteroatoms. The maximum atomic E-state index is 14.8. The number of fused-ring (bicyclic) bond motifs is 2. The van der Waals surface area contributed by atoms with Gasteiger partial charge < -0.3 is 40.9 Å². The summed E-state index contributed by atoms with van der Waals surface area (Å²) in [4.78, 5) is 45.8. The average Bonchev–Trinajstić information content (AvgIpc) is 3.49. The summed E-state index contributed by atoms with van der Waals surface area (Å²) in [6.45, 7) is 9.27. The number of nitrogens with one attached hydrogen (secondary N) is 2. The number of benzene rings is 3. The van der Waals surface area contributed by atoms with Gasteiger partial charge in [-0.1, -0.05) is 69.3 Å². The first-order chi connectivity index (χ1) is 28.4. The van der Waals surface area contributed by atoms with Gasteiger partial charge in [0.1, 0.15) is 17.9 Å². The zero-order valence-electron chi connectivity index (χ0n) is 37.5. The Morgan fingerprint density at radius 2 is 1.72 bits per heavy atom. The molecule has 1 heterocycles. The second-order valence-electron chi connectivity index (χ2n) is 18.4. The number of rotatable bonds is 14. The quantitative estimate of drug-likeness (QED) is 0.134. The number of aliphatic hydroxyl groups is 1. The van der Waals surface area contributed by atoms with E-state index in [0.717, 1.165) is 40.8 Å². The largest absolute Gasteiger partial charge is 0.496 e. The van der Waals surface area contributed by atoms with E-state index < -0.39 is 23.8 Å². The van der Waals surface area contributed by atoms with E-state index in [9.17, 15) is 14.7 Å². The summed E-state index contributed by atoms with van der Waals surface area (Å²) in [7, 11) is 13.1. The maximum absolute atomic E-state index is 14.8. The zero-order chi connectivity index (χ0) is 43.7. The van der Waals surface area contributed by atoms with Crippen LogP contribution in [0.25, 0.3) is 11.1 Å². The number of carbonyl (C=O) groups is 2. The van der Waals surface area contributed by atoms with E-state index in [4.69, 9.17) is 20.3 Å². The number of methoxy groups -OCH3 is 1. The Labute approximate surface area is 357 Å². The molecule has 3 aromatic rings. The fourth-order valence-electron chi connectivity index (χ4n) is 9.93. The van der Waals surface area contributed by atoms with Crippen molar-refractivity contribution in [3.63, 3.8) is 0 Å². The summed E-state index contributed by atoms with van der Waals surface area (Å²) >= 11 is 0. The molecule has 3 saturated carbocycles. The summed E-state index contributed by atoms with van der Waals surface area (Å²) in [6.07, 6.45) is 0.831. The third kappa shape index (κ3) is 8.86. The summed E-state index contributed by atoms with van der Waals surface area (Å²) < 4.78 is 6.17. The van der Waals surface area contributed by atoms with Gasteiger partial charge in [-0.05, 0) is 78.7 Å². The lowest BCUT2D eigenvalue weighted by Gasteiger charge is -2.62. The number of guanidine groups is 1. The molecule has 5 N–H and O–H groups in total. The number of hydroxylamine groups is 2. The normalized spacial score (nSPS) is 26.0. The van der Waals surface area contributed by atoms with Crippen LogP contribution in [0.4, 0.5) is 5.69 Å². The Balaban J connectivity index is 1.34. The summed E-state index contributed by atoms with van der Waals surface area (Å²) in [5.41, 5.74) is 10.9. The van der Waals surface area contributed by atoms with Crippen molar-refractivity contribution in [2.75, 3.05) is 67.4 Å². The van der Waals surface area contributed by atoms with Gasteiger partial charge in [0.25, 0.3) is 5.91 Å². The number of nitrogens with two attached hydrogens (primary N) is 1. The van der Waals surface area contributed by atoms with Crippen molar-refractivity contribution >= 4 is 23.5 Å². The van der Waals surface area contributed by atoms with Gasteiger partial charge in [0.05, 0.1) is 31.8 Å². The highest BCUT2D eigenvalue weighted by Crippen LogP contribution is 2.61. The predicted molar refractivity (Wildman–Crippen MR) is 239 cm³/mol. The van der Waals surface area contributed by atoms with Crippen molar-refractivity contribution in [1.82, 2.24) is 25.5 Å². The Morgan fingerprint density at radius 1 is 1.02 bits per heavy atom. The topological polar surface area (TPSA) is 148 Å². The van der Waals surface area contributed by atoms with Gasteiger partial charge in [-0.3, -0.25) is 19.4 Å². The van der Waals surface area contributed by atoms with Crippen molar-refractivity contribution in [1.29, 1.82) is 0 Å². The lowest BCUT2D eigenvalue weighted by molar-refractivity contribution is -0.175. The van der Waals surface area contributed by atoms with E-state index in [-0.39, 0.29) is 42.3 Å². The van der Waals surface area contributed by atoms with Crippen LogP contribution in [0.3, 0.4) is 0 Å². The standard InChI is InChI=1S/C47H68N8O5/c1-29-38-25-35(46(38,3)4)26-39(29)51-44(58)42-47(48,30(2)56)40(27-50-45(53(7)8)54(9)10)60-55(42)28-32-18-15-19-37(41(32)59-11)33-22-34(24-36(23-33)52(5)6)43(57)49-21-20-31-16-13-12-14-17-31/h12-19,22-24,29-30,35,38-40,42,56H,20-21,25-28,48H2,1-11H3,(H,49,57)(H,51,58)/t29-,30-,35+,38-,39-,40-,42+,47-/m0/s1. The van der Waals surface area contributed by atoms with Crippen LogP contribution in [-0.4, -0.2) is 130 Å². The number of para-hydroxylation sites is 1. The number of ether oxygens (including phenoxy) is 1. The first kappa shape index (κ1) is 44.9. The SMILES string of the molecule is COc1c(CN2O[C@@H](CN=C(N(C)C)N(C)C)[C@@](N)([C@H](C)O)[C@H]2C(=O)N[C@H]2C[C@H]3C[C@@H]([C@@H]2C)C3(C)C)cccc1-c1cc(C(=O)NCCc2ccccc2)cc(N(C)C)c1. The lowest BCUT2D eigenvalue weighted by Crippen LogP contribution is -2.69. The minimum Gasteiger partial charge on any atom is -0.496 e. The lowest BCUT2D eigenvalue weighted by atomic mass is 9.45. The Kier molecular flexibility index (Phi) is 13.5. The highest BCUT2D eigenvalue weighted by atomic mass is 16.7. The highest BCUT2D eigenvalue weighted by Gasteiger charge is 2.61. The molecule has 0 aromatic heterocycles. The number of carbonyl (C=O) groups excluding carboxylic acids is 2. The smallest absolute Gasteiger partial charge is 0.251 e. The third-order valence-corrected chi connectivity index (χ3v) is 13.6. The molecule has 2 amide bonds. The summed E-state index contributed by atoms with van der Waals surface area (Å²) in [6, 6.07) is 20.6. The van der Waals surface area contributed by atoms with E-state index >= 15 is 0 Å². The van der Waals surface area contributed by atoms with E-state index in [1.165, 1.54) is 6.42 Å². The number of nitrogens with zero attached hydrogens (tertiary/aromatic N) is 5. The van der Waals surface area contributed by atoms with Crippen LogP contribution in [0.15, 0.2) is 71.7 Å². The van der Waals surface area contributed by atoms with Gasteiger partial charge >= 0.3 is 0 Å². The highest BCUT2D eigenvalue weighted by molar-refractivity contribution is 5.97. The fraction of sp³-hybridized carbons (Fsp3) is 0.553. The Morgan fingerprint density at radius 3 is 2.32 bits per heavy atom. The predicted octanol–water partition coefficient (Wildman–Crippen LogP) is 4.63. The number of amides is 2. The van der Waals surface area contributed by atoms with E-state index in [2.05, 4.69) is 43.5 Å². The molecule has 326 valence electrons. The van der Waals surface area contributed by atoms with Gasteiger partial charge in [-0.25, -0.2) is 0 Å². The first-order valence-electron chi connectivity index (χ1n) is 21.3. The fourth-order valence-corrected chi connectivity index (χ4v) is 9.93. The summed E-state index contributed by atoms with van der Waals surface area (Å²) in [5, 5.41) is 19.7.